The minimum absolute atomic E-state index is 0.450. The summed E-state index contributed by atoms with van der Waals surface area (Å²) in [4.78, 5) is 7.27. The Kier molecular flexibility index (Phi) is 9.10. The second kappa shape index (κ2) is 11.1. The number of nitrogens with two attached hydrogens (primary N) is 1. The standard InChI is InChI=1S/C24H33BN2S2/c1-8-9-19(7)27-24(26)28-14-20-17(5)13-22(15(2)3)29-23(20)25-21-11-10-16(4)12-18(21)6/h9-12,14,17H,8,13H2,1-7H3,(H2,26,27)/b19-9-,20-14+. The van der Waals surface area contributed by atoms with Gasteiger partial charge in [-0.3, -0.25) is 0 Å². The fourth-order valence-corrected chi connectivity index (χ4v) is 5.50. The Morgan fingerprint density at radius 1 is 1.31 bits per heavy atom. The third-order valence-electron chi connectivity index (χ3n) is 4.90. The number of aliphatic imine (C=N–C) groups is 1. The van der Waals surface area contributed by atoms with Crippen LogP contribution in [0, 0.1) is 19.8 Å². The van der Waals surface area contributed by atoms with Crippen LogP contribution in [0.3, 0.4) is 0 Å². The summed E-state index contributed by atoms with van der Waals surface area (Å²) < 4.78 is 0. The maximum absolute atomic E-state index is 6.17. The monoisotopic (exact) mass is 424 g/mol. The minimum atomic E-state index is 0.450. The molecule has 1 aliphatic rings. The van der Waals surface area contributed by atoms with Gasteiger partial charge in [0.05, 0.1) is 0 Å². The molecule has 1 unspecified atom stereocenters. The predicted octanol–water partition coefficient (Wildman–Crippen LogP) is 6.08. The molecule has 1 aliphatic heterocycles. The molecule has 2 N–H and O–H groups in total. The Labute approximate surface area is 186 Å². The van der Waals surface area contributed by atoms with E-state index in [2.05, 4.69) is 83.1 Å². The molecule has 0 bridgehead atoms. The summed E-state index contributed by atoms with van der Waals surface area (Å²) >= 11 is 3.43. The zero-order chi connectivity index (χ0) is 21.6. The number of allylic oxidation sites excluding steroid dienone is 4. The first-order chi connectivity index (χ1) is 13.7. The van der Waals surface area contributed by atoms with Crippen LogP contribution < -0.4 is 11.2 Å². The van der Waals surface area contributed by atoms with Gasteiger partial charge < -0.3 is 0 Å². The van der Waals surface area contributed by atoms with Gasteiger partial charge in [0.15, 0.2) is 0 Å². The van der Waals surface area contributed by atoms with E-state index in [9.17, 15) is 0 Å². The normalized spacial score (nSPS) is 20.9. The molecule has 1 aromatic carbocycles. The van der Waals surface area contributed by atoms with Crippen LogP contribution in [-0.4, -0.2) is 16.9 Å². The number of amidine groups is 1. The third-order valence-corrected chi connectivity index (χ3v) is 7.00. The summed E-state index contributed by atoms with van der Waals surface area (Å²) in [6, 6.07) is 6.65. The summed E-state index contributed by atoms with van der Waals surface area (Å²) in [5, 5.41) is 2.79. The number of thioether (sulfide) groups is 2. The number of nitrogens with zero attached hydrogens (tertiary/aromatic N) is 1. The van der Waals surface area contributed by atoms with Crippen molar-refractivity contribution in [3.63, 3.8) is 0 Å². The first-order valence-corrected chi connectivity index (χ1v) is 11.9. The Hall–Kier alpha value is -1.46. The van der Waals surface area contributed by atoms with Crippen molar-refractivity contribution in [3.05, 3.63) is 62.6 Å². The molecule has 0 aliphatic carbocycles. The van der Waals surface area contributed by atoms with Crippen LogP contribution in [0.2, 0.25) is 0 Å². The molecule has 29 heavy (non-hydrogen) atoms. The van der Waals surface area contributed by atoms with E-state index >= 15 is 0 Å². The van der Waals surface area contributed by atoms with E-state index in [1.807, 2.05) is 18.7 Å². The maximum atomic E-state index is 6.17. The summed E-state index contributed by atoms with van der Waals surface area (Å²) in [5.74, 6) is 0.450. The van der Waals surface area contributed by atoms with Gasteiger partial charge in [-0.05, 0) is 0 Å². The van der Waals surface area contributed by atoms with Crippen molar-refractivity contribution in [2.75, 3.05) is 0 Å². The van der Waals surface area contributed by atoms with Crippen molar-refractivity contribution >= 4 is 45.9 Å². The van der Waals surface area contributed by atoms with Gasteiger partial charge in [-0.25, -0.2) is 0 Å². The number of hydrogen-bond donors (Lipinski definition) is 1. The van der Waals surface area contributed by atoms with Gasteiger partial charge in [-0.2, -0.15) is 0 Å². The molecule has 0 amide bonds. The molecule has 1 saturated heterocycles. The first-order valence-electron chi connectivity index (χ1n) is 10.2. The number of aryl methyl sites for hydroxylation is 2. The van der Waals surface area contributed by atoms with Crippen molar-refractivity contribution in [1.82, 2.24) is 0 Å². The molecule has 154 valence electrons. The Bertz CT molecular complexity index is 903. The first kappa shape index (κ1) is 23.8. The van der Waals surface area contributed by atoms with Crippen LogP contribution >= 0.6 is 23.5 Å². The van der Waals surface area contributed by atoms with Crippen LogP contribution in [0.1, 0.15) is 58.6 Å². The van der Waals surface area contributed by atoms with Gasteiger partial charge in [-0.1, -0.05) is 0 Å². The average molecular weight is 424 g/mol. The van der Waals surface area contributed by atoms with Crippen LogP contribution in [0.4, 0.5) is 0 Å². The number of benzene rings is 1. The van der Waals surface area contributed by atoms with E-state index in [1.165, 1.54) is 49.2 Å². The molecule has 5 heteroatoms. The Balaban J connectivity index is 2.42. The third kappa shape index (κ3) is 7.07. The second-order valence-electron chi connectivity index (χ2n) is 7.89. The van der Waals surface area contributed by atoms with E-state index in [0.717, 1.165) is 18.5 Å². The molecule has 1 heterocycles. The van der Waals surface area contributed by atoms with Crippen molar-refractivity contribution in [2.24, 2.45) is 16.6 Å². The Morgan fingerprint density at radius 3 is 2.66 bits per heavy atom. The molecular weight excluding hydrogens is 391 g/mol. The molecular formula is C24H33BN2S2. The zero-order valence-electron chi connectivity index (χ0n) is 18.8. The zero-order valence-corrected chi connectivity index (χ0v) is 20.4. The van der Waals surface area contributed by atoms with Gasteiger partial charge in [0.1, 0.15) is 0 Å². The molecule has 0 radical (unpaired) electrons. The van der Waals surface area contributed by atoms with E-state index in [0.29, 0.717) is 11.1 Å². The molecule has 2 nitrogen and oxygen atoms in total. The predicted molar refractivity (Wildman–Crippen MR) is 137 cm³/mol. The van der Waals surface area contributed by atoms with E-state index in [-0.39, 0.29) is 0 Å². The average Bonchev–Trinajstić information content (AvgIpc) is 2.63. The Morgan fingerprint density at radius 2 is 2.03 bits per heavy atom. The fourth-order valence-electron chi connectivity index (χ4n) is 3.25. The number of rotatable bonds is 4. The fraction of sp³-hybridized carbons (Fsp3) is 0.417. The van der Waals surface area contributed by atoms with Gasteiger partial charge in [0, 0.05) is 0 Å². The van der Waals surface area contributed by atoms with Crippen LogP contribution in [0.25, 0.3) is 0 Å². The molecule has 0 saturated carbocycles. The van der Waals surface area contributed by atoms with E-state index in [1.54, 1.807) is 0 Å². The molecule has 1 fully saturated rings. The van der Waals surface area contributed by atoms with Crippen molar-refractivity contribution < 1.29 is 0 Å². The van der Waals surface area contributed by atoms with Crippen LogP contribution in [0.15, 0.2) is 56.4 Å². The van der Waals surface area contributed by atoms with Crippen LogP contribution in [0.5, 0.6) is 0 Å². The van der Waals surface area contributed by atoms with Gasteiger partial charge >= 0.3 is 186 Å². The molecule has 1 aromatic rings. The summed E-state index contributed by atoms with van der Waals surface area (Å²) in [6.45, 7) is 17.5. The molecule has 0 spiro atoms. The molecule has 0 aromatic heterocycles. The van der Waals surface area contributed by atoms with Gasteiger partial charge in [0.2, 0.25) is 0 Å². The summed E-state index contributed by atoms with van der Waals surface area (Å²) in [7, 11) is 0. The van der Waals surface area contributed by atoms with Gasteiger partial charge in [-0.15, -0.1) is 0 Å². The quantitative estimate of drug-likeness (QED) is 0.362. The number of hydrogen-bond acceptors (Lipinski definition) is 3. The van der Waals surface area contributed by atoms with Crippen molar-refractivity contribution in [2.45, 2.75) is 61.3 Å². The molecule has 2 rings (SSSR count). The van der Waals surface area contributed by atoms with E-state index in [4.69, 9.17) is 5.73 Å². The molecule has 1 atom stereocenters. The summed E-state index contributed by atoms with van der Waals surface area (Å²) in [6.07, 6.45) is 4.14. The summed E-state index contributed by atoms with van der Waals surface area (Å²) in [5.41, 5.74) is 13.8. The second-order valence-corrected chi connectivity index (χ2v) is 9.92. The topological polar surface area (TPSA) is 38.4 Å². The van der Waals surface area contributed by atoms with Gasteiger partial charge in [0.25, 0.3) is 0 Å². The van der Waals surface area contributed by atoms with E-state index < -0.39 is 0 Å². The van der Waals surface area contributed by atoms with Crippen molar-refractivity contribution in [3.8, 4) is 0 Å². The SMILES string of the molecule is CC/C=C(C)\N=C(/N)S/C=C1/C(=B/c2ccc(C)cc2C)SC(=C(C)C)CC1C. The van der Waals surface area contributed by atoms with Crippen LogP contribution in [-0.2, 0) is 0 Å². The van der Waals surface area contributed by atoms with Crippen molar-refractivity contribution in [1.29, 1.82) is 0 Å².